The van der Waals surface area contributed by atoms with E-state index in [4.69, 9.17) is 4.74 Å². The summed E-state index contributed by atoms with van der Waals surface area (Å²) in [5.74, 6) is 1.54. The quantitative estimate of drug-likeness (QED) is 0.275. The average Bonchev–Trinajstić information content (AvgIpc) is 2.59. The Balaban J connectivity index is 0.00000625. The second kappa shape index (κ2) is 14.2. The summed E-state index contributed by atoms with van der Waals surface area (Å²) in [4.78, 5) is 4.49. The van der Waals surface area contributed by atoms with Gasteiger partial charge in [0.15, 0.2) is 5.96 Å². The molecule has 0 aliphatic rings. The fourth-order valence-electron chi connectivity index (χ4n) is 2.40. The minimum absolute atomic E-state index is 0. The van der Waals surface area contributed by atoms with Crippen LogP contribution in [0.25, 0.3) is 0 Å². The molecule has 0 spiro atoms. The molecule has 6 heteroatoms. The van der Waals surface area contributed by atoms with Crippen LogP contribution in [0.4, 0.5) is 0 Å². The van der Waals surface area contributed by atoms with Gasteiger partial charge in [0.1, 0.15) is 0 Å². The maximum absolute atomic E-state index is 10.0. The van der Waals surface area contributed by atoms with Gasteiger partial charge < -0.3 is 20.5 Å². The summed E-state index contributed by atoms with van der Waals surface area (Å²) in [7, 11) is 0. The third-order valence-electron chi connectivity index (χ3n) is 4.01. The van der Waals surface area contributed by atoms with Gasteiger partial charge in [0.2, 0.25) is 0 Å². The van der Waals surface area contributed by atoms with Crippen LogP contribution in [0.5, 0.6) is 0 Å². The molecule has 1 rings (SSSR count). The first-order valence-electron chi connectivity index (χ1n) is 9.29. The molecule has 0 amide bonds. The van der Waals surface area contributed by atoms with Crippen molar-refractivity contribution in [2.45, 2.75) is 52.7 Å². The fraction of sp³-hybridized carbons (Fsp3) is 0.650. The van der Waals surface area contributed by atoms with E-state index in [9.17, 15) is 5.11 Å². The van der Waals surface area contributed by atoms with Crippen molar-refractivity contribution in [3.05, 3.63) is 35.9 Å². The SMILES string of the molecule is CCNC(=NCC(O)COCC(C)C)NC(C)C(C)c1ccccc1.I. The molecule has 0 aliphatic carbocycles. The summed E-state index contributed by atoms with van der Waals surface area (Å²) < 4.78 is 5.47. The molecule has 0 fully saturated rings. The van der Waals surface area contributed by atoms with Crippen molar-refractivity contribution in [1.82, 2.24) is 10.6 Å². The number of hydrogen-bond acceptors (Lipinski definition) is 3. The molecule has 0 bridgehead atoms. The monoisotopic (exact) mass is 477 g/mol. The van der Waals surface area contributed by atoms with E-state index in [0.717, 1.165) is 12.5 Å². The summed E-state index contributed by atoms with van der Waals surface area (Å²) in [6, 6.07) is 10.7. The average molecular weight is 477 g/mol. The molecule has 3 N–H and O–H groups in total. The first kappa shape index (κ1) is 25.1. The van der Waals surface area contributed by atoms with Gasteiger partial charge in [-0.25, -0.2) is 0 Å². The normalized spacial score (nSPS) is 15.1. The van der Waals surface area contributed by atoms with Crippen molar-refractivity contribution in [2.75, 3.05) is 26.3 Å². The van der Waals surface area contributed by atoms with Gasteiger partial charge in [-0.05, 0) is 25.3 Å². The van der Waals surface area contributed by atoms with Gasteiger partial charge in [0, 0.05) is 25.1 Å². The first-order valence-corrected chi connectivity index (χ1v) is 9.29. The van der Waals surface area contributed by atoms with Crippen LogP contribution in [-0.2, 0) is 4.74 Å². The van der Waals surface area contributed by atoms with Crippen LogP contribution in [0.3, 0.4) is 0 Å². The smallest absolute Gasteiger partial charge is 0.191 e. The molecule has 3 atom stereocenters. The van der Waals surface area contributed by atoms with E-state index < -0.39 is 6.10 Å². The Morgan fingerprint density at radius 2 is 1.77 bits per heavy atom. The lowest BCUT2D eigenvalue weighted by molar-refractivity contribution is 0.0301. The van der Waals surface area contributed by atoms with Crippen LogP contribution in [0.2, 0.25) is 0 Å². The van der Waals surface area contributed by atoms with Crippen molar-refractivity contribution in [2.24, 2.45) is 10.9 Å². The molecule has 1 aromatic carbocycles. The predicted octanol–water partition coefficient (Wildman–Crippen LogP) is 3.39. The van der Waals surface area contributed by atoms with Gasteiger partial charge >= 0.3 is 0 Å². The number of halogens is 1. The Morgan fingerprint density at radius 1 is 1.12 bits per heavy atom. The van der Waals surface area contributed by atoms with Gasteiger partial charge in [-0.2, -0.15) is 0 Å². The van der Waals surface area contributed by atoms with E-state index in [1.807, 2.05) is 13.0 Å². The van der Waals surface area contributed by atoms with Crippen LogP contribution in [0.1, 0.15) is 46.1 Å². The van der Waals surface area contributed by atoms with E-state index in [2.05, 4.69) is 67.6 Å². The maximum Gasteiger partial charge on any atom is 0.191 e. The zero-order valence-electron chi connectivity index (χ0n) is 16.7. The van der Waals surface area contributed by atoms with Crippen molar-refractivity contribution in [3.8, 4) is 0 Å². The van der Waals surface area contributed by atoms with Crippen LogP contribution in [0.15, 0.2) is 35.3 Å². The number of aliphatic hydroxyl groups excluding tert-OH is 1. The minimum atomic E-state index is -0.587. The Kier molecular flexibility index (Phi) is 13.8. The van der Waals surface area contributed by atoms with Gasteiger partial charge in [0.25, 0.3) is 0 Å². The number of ether oxygens (including phenoxy) is 1. The van der Waals surface area contributed by atoms with E-state index in [1.165, 1.54) is 5.56 Å². The Labute approximate surface area is 176 Å². The third kappa shape index (κ3) is 10.3. The Bertz CT molecular complexity index is 497. The third-order valence-corrected chi connectivity index (χ3v) is 4.01. The highest BCUT2D eigenvalue weighted by atomic mass is 127. The van der Waals surface area contributed by atoms with E-state index in [1.54, 1.807) is 0 Å². The molecular weight excluding hydrogens is 441 g/mol. The predicted molar refractivity (Wildman–Crippen MR) is 121 cm³/mol. The molecule has 0 saturated heterocycles. The van der Waals surface area contributed by atoms with Crippen molar-refractivity contribution in [1.29, 1.82) is 0 Å². The Morgan fingerprint density at radius 3 is 2.35 bits per heavy atom. The molecule has 5 nitrogen and oxygen atoms in total. The van der Waals surface area contributed by atoms with E-state index in [-0.39, 0.29) is 30.0 Å². The summed E-state index contributed by atoms with van der Waals surface area (Å²) in [5, 5.41) is 16.7. The number of guanidine groups is 1. The van der Waals surface area contributed by atoms with Crippen molar-refractivity contribution < 1.29 is 9.84 Å². The van der Waals surface area contributed by atoms with E-state index in [0.29, 0.717) is 31.6 Å². The number of nitrogens with one attached hydrogen (secondary N) is 2. The molecule has 1 aromatic rings. The van der Waals surface area contributed by atoms with Gasteiger partial charge in [-0.15, -0.1) is 24.0 Å². The zero-order chi connectivity index (χ0) is 18.7. The summed E-state index contributed by atoms with van der Waals surface area (Å²) in [5.41, 5.74) is 1.29. The van der Waals surface area contributed by atoms with Crippen LogP contribution in [0, 0.1) is 5.92 Å². The summed E-state index contributed by atoms with van der Waals surface area (Å²) in [6.07, 6.45) is -0.587. The molecule has 0 radical (unpaired) electrons. The number of rotatable bonds is 10. The van der Waals surface area contributed by atoms with Crippen molar-refractivity contribution in [3.63, 3.8) is 0 Å². The number of benzene rings is 1. The Hall–Kier alpha value is -0.860. The lowest BCUT2D eigenvalue weighted by Gasteiger charge is -2.24. The minimum Gasteiger partial charge on any atom is -0.389 e. The zero-order valence-corrected chi connectivity index (χ0v) is 19.1. The lowest BCUT2D eigenvalue weighted by Crippen LogP contribution is -2.44. The van der Waals surface area contributed by atoms with Crippen LogP contribution in [-0.4, -0.2) is 49.5 Å². The number of nitrogens with zero attached hydrogens (tertiary/aromatic N) is 1. The lowest BCUT2D eigenvalue weighted by atomic mass is 9.94. The standard InChI is InChI=1S/C20H35N3O2.HI/c1-6-21-20(22-12-19(24)14-25-13-15(2)3)23-17(5)16(4)18-10-8-7-9-11-18;/h7-11,15-17,19,24H,6,12-14H2,1-5H3,(H2,21,22,23);1H. The van der Waals surface area contributed by atoms with Gasteiger partial charge in [-0.3, -0.25) is 4.99 Å². The highest BCUT2D eigenvalue weighted by molar-refractivity contribution is 14.0. The largest absolute Gasteiger partial charge is 0.389 e. The molecule has 26 heavy (non-hydrogen) atoms. The number of aliphatic imine (C=N–C) groups is 1. The van der Waals surface area contributed by atoms with Crippen LogP contribution >= 0.6 is 24.0 Å². The van der Waals surface area contributed by atoms with Gasteiger partial charge in [0.05, 0.1) is 19.3 Å². The molecule has 3 unspecified atom stereocenters. The van der Waals surface area contributed by atoms with E-state index >= 15 is 0 Å². The summed E-state index contributed by atoms with van der Waals surface area (Å²) in [6.45, 7) is 12.6. The number of aliphatic hydroxyl groups is 1. The first-order chi connectivity index (χ1) is 11.9. The highest BCUT2D eigenvalue weighted by Crippen LogP contribution is 2.18. The van der Waals surface area contributed by atoms with Crippen molar-refractivity contribution >= 4 is 29.9 Å². The fourth-order valence-corrected chi connectivity index (χ4v) is 2.40. The number of hydrogen-bond donors (Lipinski definition) is 3. The molecule has 0 heterocycles. The molecular formula is C20H36IN3O2. The molecule has 0 aliphatic heterocycles. The topological polar surface area (TPSA) is 65.9 Å². The van der Waals surface area contributed by atoms with Crippen LogP contribution < -0.4 is 10.6 Å². The highest BCUT2D eigenvalue weighted by Gasteiger charge is 2.15. The van der Waals surface area contributed by atoms with Gasteiger partial charge in [-0.1, -0.05) is 51.1 Å². The molecule has 0 saturated carbocycles. The second-order valence-corrected chi connectivity index (χ2v) is 6.94. The summed E-state index contributed by atoms with van der Waals surface area (Å²) >= 11 is 0. The second-order valence-electron chi connectivity index (χ2n) is 6.94. The molecule has 0 aromatic heterocycles. The maximum atomic E-state index is 10.0. The molecule has 150 valence electrons.